The third-order valence-corrected chi connectivity index (χ3v) is 5.62. The molecule has 7 heteroatoms. The molecular weight excluding hydrogens is 402 g/mol. The van der Waals surface area contributed by atoms with Crippen LogP contribution in [0.5, 0.6) is 5.75 Å². The van der Waals surface area contributed by atoms with E-state index in [4.69, 9.17) is 21.1 Å². The second-order valence-corrected chi connectivity index (χ2v) is 7.76. The fourth-order valence-corrected chi connectivity index (χ4v) is 3.85. The largest absolute Gasteiger partial charge is 0.497 e. The van der Waals surface area contributed by atoms with Gasteiger partial charge in [-0.15, -0.1) is 0 Å². The first kappa shape index (κ1) is 20.4. The van der Waals surface area contributed by atoms with Crippen molar-refractivity contribution >= 4 is 17.5 Å². The molecule has 4 rings (SSSR count). The number of fused-ring (bicyclic) bond motifs is 1. The van der Waals surface area contributed by atoms with Gasteiger partial charge in [0.15, 0.2) is 0 Å². The van der Waals surface area contributed by atoms with Crippen LogP contribution in [0.4, 0.5) is 0 Å². The normalized spacial score (nSPS) is 13.2. The smallest absolute Gasteiger partial charge is 0.254 e. The van der Waals surface area contributed by atoms with Gasteiger partial charge in [-0.2, -0.15) is 5.10 Å². The standard InChI is InChI=1S/C23H24ClN3O3/c1-26-22-11-12-27(23(28)17-5-9-19(29-2)10-6-17)13-20(22)21(25-26)15-30-14-16-3-7-18(24)8-4-16/h3-10H,11-15H2,1-2H3. The van der Waals surface area contributed by atoms with Gasteiger partial charge in [0, 0.05) is 48.4 Å². The molecule has 1 aromatic heterocycles. The number of carbonyl (C=O) groups is 1. The summed E-state index contributed by atoms with van der Waals surface area (Å²) >= 11 is 5.93. The molecule has 2 aromatic carbocycles. The van der Waals surface area contributed by atoms with Gasteiger partial charge in [0.1, 0.15) is 5.75 Å². The van der Waals surface area contributed by atoms with Gasteiger partial charge in [-0.1, -0.05) is 23.7 Å². The summed E-state index contributed by atoms with van der Waals surface area (Å²) in [7, 11) is 3.56. The number of nitrogens with zero attached hydrogens (tertiary/aromatic N) is 3. The van der Waals surface area contributed by atoms with Gasteiger partial charge in [0.05, 0.1) is 26.0 Å². The molecule has 0 unspecified atom stereocenters. The average molecular weight is 426 g/mol. The monoisotopic (exact) mass is 425 g/mol. The molecule has 0 bridgehead atoms. The number of carbonyl (C=O) groups excluding carboxylic acids is 1. The minimum atomic E-state index is 0.0141. The maximum absolute atomic E-state index is 13.0. The van der Waals surface area contributed by atoms with Crippen LogP contribution < -0.4 is 4.74 Å². The lowest BCUT2D eigenvalue weighted by molar-refractivity contribution is 0.0728. The van der Waals surface area contributed by atoms with Crippen LogP contribution in [0.2, 0.25) is 5.02 Å². The first-order valence-corrected chi connectivity index (χ1v) is 10.2. The second kappa shape index (κ2) is 8.90. The third kappa shape index (κ3) is 4.35. The van der Waals surface area contributed by atoms with E-state index in [0.29, 0.717) is 36.9 Å². The van der Waals surface area contributed by atoms with Crippen LogP contribution in [0, 0.1) is 0 Å². The molecule has 0 fully saturated rings. The molecule has 0 spiro atoms. The van der Waals surface area contributed by atoms with Crippen LogP contribution in [0.25, 0.3) is 0 Å². The lowest BCUT2D eigenvalue weighted by atomic mass is 10.0. The molecule has 3 aromatic rings. The molecule has 0 aliphatic carbocycles. The molecule has 6 nitrogen and oxygen atoms in total. The van der Waals surface area contributed by atoms with Crippen molar-refractivity contribution in [3.8, 4) is 5.75 Å². The van der Waals surface area contributed by atoms with Crippen molar-refractivity contribution in [1.82, 2.24) is 14.7 Å². The van der Waals surface area contributed by atoms with Gasteiger partial charge in [-0.25, -0.2) is 0 Å². The number of hydrogen-bond donors (Lipinski definition) is 0. The van der Waals surface area contributed by atoms with Gasteiger partial charge < -0.3 is 14.4 Å². The highest BCUT2D eigenvalue weighted by molar-refractivity contribution is 6.30. The molecule has 156 valence electrons. The van der Waals surface area contributed by atoms with E-state index < -0.39 is 0 Å². The minimum absolute atomic E-state index is 0.0141. The summed E-state index contributed by atoms with van der Waals surface area (Å²) in [5, 5.41) is 5.35. The number of aryl methyl sites for hydroxylation is 1. The van der Waals surface area contributed by atoms with Crippen LogP contribution in [0.3, 0.4) is 0 Å². The van der Waals surface area contributed by atoms with Crippen LogP contribution in [0.15, 0.2) is 48.5 Å². The van der Waals surface area contributed by atoms with Crippen molar-refractivity contribution in [2.45, 2.75) is 26.2 Å². The van der Waals surface area contributed by atoms with Crippen molar-refractivity contribution in [2.75, 3.05) is 13.7 Å². The first-order chi connectivity index (χ1) is 14.5. The van der Waals surface area contributed by atoms with E-state index in [-0.39, 0.29) is 5.91 Å². The van der Waals surface area contributed by atoms with Crippen molar-refractivity contribution in [1.29, 1.82) is 0 Å². The summed E-state index contributed by atoms with van der Waals surface area (Å²) in [6.07, 6.45) is 0.776. The van der Waals surface area contributed by atoms with Gasteiger partial charge in [-0.3, -0.25) is 9.48 Å². The summed E-state index contributed by atoms with van der Waals surface area (Å²) < 4.78 is 13.0. The molecule has 1 aliphatic heterocycles. The third-order valence-electron chi connectivity index (χ3n) is 5.37. The van der Waals surface area contributed by atoms with Crippen molar-refractivity contribution in [2.24, 2.45) is 7.05 Å². The Labute approximate surface area is 181 Å². The van der Waals surface area contributed by atoms with E-state index >= 15 is 0 Å². The van der Waals surface area contributed by atoms with E-state index in [2.05, 4.69) is 5.10 Å². The number of rotatable bonds is 6. The second-order valence-electron chi connectivity index (χ2n) is 7.32. The Morgan fingerprint density at radius 1 is 1.10 bits per heavy atom. The number of methoxy groups -OCH3 is 1. The molecule has 1 aliphatic rings. The van der Waals surface area contributed by atoms with E-state index in [1.54, 1.807) is 19.2 Å². The molecule has 0 saturated heterocycles. The van der Waals surface area contributed by atoms with E-state index in [1.807, 2.05) is 53.0 Å². The van der Waals surface area contributed by atoms with Gasteiger partial charge >= 0.3 is 0 Å². The van der Waals surface area contributed by atoms with Gasteiger partial charge in [0.2, 0.25) is 0 Å². The highest BCUT2D eigenvalue weighted by Crippen LogP contribution is 2.25. The summed E-state index contributed by atoms with van der Waals surface area (Å²) in [5.74, 6) is 0.750. The fraction of sp³-hybridized carbons (Fsp3) is 0.304. The number of hydrogen-bond acceptors (Lipinski definition) is 4. The Kier molecular flexibility index (Phi) is 6.06. The van der Waals surface area contributed by atoms with Crippen molar-refractivity contribution in [3.63, 3.8) is 0 Å². The zero-order valence-corrected chi connectivity index (χ0v) is 17.9. The zero-order valence-electron chi connectivity index (χ0n) is 17.1. The number of benzene rings is 2. The summed E-state index contributed by atoms with van der Waals surface area (Å²) in [5.41, 5.74) is 4.85. The van der Waals surface area contributed by atoms with Crippen LogP contribution in [-0.4, -0.2) is 34.2 Å². The molecule has 30 heavy (non-hydrogen) atoms. The number of aromatic nitrogens is 2. The van der Waals surface area contributed by atoms with Crippen LogP contribution in [-0.2, 0) is 38.0 Å². The number of halogens is 1. The Hall–Kier alpha value is -2.83. The molecular formula is C23H24ClN3O3. The highest BCUT2D eigenvalue weighted by atomic mass is 35.5. The minimum Gasteiger partial charge on any atom is -0.497 e. The first-order valence-electron chi connectivity index (χ1n) is 9.84. The van der Waals surface area contributed by atoms with E-state index in [9.17, 15) is 4.79 Å². The topological polar surface area (TPSA) is 56.6 Å². The van der Waals surface area contributed by atoms with Crippen LogP contribution in [0.1, 0.15) is 32.9 Å². The molecule has 2 heterocycles. The molecule has 0 saturated carbocycles. The Bertz CT molecular complexity index is 1030. The predicted molar refractivity (Wildman–Crippen MR) is 115 cm³/mol. The number of amides is 1. The van der Waals surface area contributed by atoms with E-state index in [0.717, 1.165) is 29.0 Å². The van der Waals surface area contributed by atoms with Crippen molar-refractivity contribution in [3.05, 3.63) is 81.6 Å². The van der Waals surface area contributed by atoms with Crippen LogP contribution >= 0.6 is 11.6 Å². The lowest BCUT2D eigenvalue weighted by Gasteiger charge is -2.28. The average Bonchev–Trinajstić information content (AvgIpc) is 3.09. The number of ether oxygens (including phenoxy) is 2. The summed E-state index contributed by atoms with van der Waals surface area (Å²) in [6, 6.07) is 14.8. The Morgan fingerprint density at radius 2 is 1.83 bits per heavy atom. The van der Waals surface area contributed by atoms with Gasteiger partial charge in [-0.05, 0) is 42.0 Å². The van der Waals surface area contributed by atoms with Gasteiger partial charge in [0.25, 0.3) is 5.91 Å². The van der Waals surface area contributed by atoms with E-state index in [1.165, 1.54) is 5.69 Å². The maximum atomic E-state index is 13.0. The molecule has 0 N–H and O–H groups in total. The predicted octanol–water partition coefficient (Wildman–Crippen LogP) is 4.00. The fourth-order valence-electron chi connectivity index (χ4n) is 3.72. The molecule has 0 radical (unpaired) electrons. The summed E-state index contributed by atoms with van der Waals surface area (Å²) in [4.78, 5) is 14.8. The SMILES string of the molecule is COc1ccc(C(=O)N2CCc3c(c(COCc4ccc(Cl)cc4)nn3C)C2)cc1. The Morgan fingerprint density at radius 3 is 2.53 bits per heavy atom. The van der Waals surface area contributed by atoms with Crippen molar-refractivity contribution < 1.29 is 14.3 Å². The summed E-state index contributed by atoms with van der Waals surface area (Å²) in [6.45, 7) is 2.09. The molecule has 1 amide bonds. The molecule has 0 atom stereocenters. The highest BCUT2D eigenvalue weighted by Gasteiger charge is 2.27. The quantitative estimate of drug-likeness (QED) is 0.599. The maximum Gasteiger partial charge on any atom is 0.254 e. The zero-order chi connectivity index (χ0) is 21.1. The lowest BCUT2D eigenvalue weighted by Crippen LogP contribution is -2.36. The Balaban J connectivity index is 1.44.